The Labute approximate surface area is 224 Å². The van der Waals surface area contributed by atoms with E-state index >= 15 is 0 Å². The first-order chi connectivity index (χ1) is 18.4. The van der Waals surface area contributed by atoms with Crippen LogP contribution in [0.4, 0.5) is 0 Å². The maximum Gasteiger partial charge on any atom is 0.282 e. The lowest BCUT2D eigenvalue weighted by Gasteiger charge is -2.16. The molecular weight excluding hydrogens is 506 g/mol. The largest absolute Gasteiger partial charge is 0.496 e. The number of furan rings is 1. The number of halogens is 1. The van der Waals surface area contributed by atoms with Crippen molar-refractivity contribution in [2.24, 2.45) is 5.10 Å². The maximum absolute atomic E-state index is 13.6. The molecule has 0 aliphatic heterocycles. The lowest BCUT2D eigenvalue weighted by molar-refractivity contribution is 0.224. The lowest BCUT2D eigenvalue weighted by atomic mass is 10.2. The highest BCUT2D eigenvalue weighted by molar-refractivity contribution is 6.32. The Bertz CT molecular complexity index is 1720. The van der Waals surface area contributed by atoms with E-state index < -0.39 is 0 Å². The topological polar surface area (TPSA) is 88.1 Å². The molecule has 0 saturated carbocycles. The smallest absolute Gasteiger partial charge is 0.282 e. The van der Waals surface area contributed by atoms with Gasteiger partial charge in [0.05, 0.1) is 47.3 Å². The fourth-order valence-electron chi connectivity index (χ4n) is 4.11. The molecule has 0 bridgehead atoms. The van der Waals surface area contributed by atoms with E-state index in [0.717, 1.165) is 5.39 Å². The minimum absolute atomic E-state index is 0.0848. The molecule has 0 radical (unpaired) electrons. The third kappa shape index (κ3) is 4.82. The normalized spacial score (nSPS) is 11.6. The van der Waals surface area contributed by atoms with Crippen LogP contribution in [0, 0.1) is 0 Å². The van der Waals surface area contributed by atoms with Crippen LogP contribution in [0.15, 0.2) is 75.0 Å². The standard InChI is InChI=1S/C29H26ClN3O5/c1-5-36-25-14-18(13-21(30)27(25)37-17(2)3)16-31-33-28(32-22-10-7-6-9-19(22)29(33)34)26-15-20-23(35-4)11-8-12-24(20)38-26/h6-17H,5H2,1-4H3. The molecule has 38 heavy (non-hydrogen) atoms. The van der Waals surface area contributed by atoms with Crippen molar-refractivity contribution < 1.29 is 18.6 Å². The van der Waals surface area contributed by atoms with Crippen molar-refractivity contribution in [2.45, 2.75) is 26.9 Å². The highest BCUT2D eigenvalue weighted by Crippen LogP contribution is 2.37. The maximum atomic E-state index is 13.6. The molecule has 0 amide bonds. The number of nitrogens with zero attached hydrogens (tertiary/aromatic N) is 3. The number of para-hydroxylation sites is 1. The van der Waals surface area contributed by atoms with Gasteiger partial charge < -0.3 is 18.6 Å². The van der Waals surface area contributed by atoms with Crippen LogP contribution >= 0.6 is 11.6 Å². The zero-order valence-electron chi connectivity index (χ0n) is 21.4. The van der Waals surface area contributed by atoms with Crippen LogP contribution in [-0.4, -0.2) is 35.7 Å². The molecule has 0 saturated heterocycles. The second kappa shape index (κ2) is 10.6. The molecule has 5 rings (SSSR count). The average molecular weight is 532 g/mol. The Morgan fingerprint density at radius 1 is 1.08 bits per heavy atom. The first-order valence-corrected chi connectivity index (χ1v) is 12.5. The van der Waals surface area contributed by atoms with Gasteiger partial charge in [0, 0.05) is 0 Å². The van der Waals surface area contributed by atoms with E-state index in [-0.39, 0.29) is 17.5 Å². The summed E-state index contributed by atoms with van der Waals surface area (Å²) >= 11 is 6.53. The fraction of sp³-hybridized carbons (Fsp3) is 0.207. The van der Waals surface area contributed by atoms with Gasteiger partial charge in [-0.15, -0.1) is 0 Å². The van der Waals surface area contributed by atoms with Crippen molar-refractivity contribution in [3.63, 3.8) is 0 Å². The highest BCUT2D eigenvalue weighted by atomic mass is 35.5. The van der Waals surface area contributed by atoms with Gasteiger partial charge >= 0.3 is 0 Å². The van der Waals surface area contributed by atoms with Gasteiger partial charge in [-0.3, -0.25) is 4.79 Å². The van der Waals surface area contributed by atoms with E-state index in [2.05, 4.69) is 5.10 Å². The molecule has 5 aromatic rings. The SMILES string of the molecule is CCOc1cc(C=Nn2c(-c3cc4c(OC)cccc4o3)nc3ccccc3c2=O)cc(Cl)c1OC(C)C. The Morgan fingerprint density at radius 3 is 2.66 bits per heavy atom. The van der Waals surface area contributed by atoms with Crippen LogP contribution in [0.1, 0.15) is 26.3 Å². The third-order valence-corrected chi connectivity index (χ3v) is 6.00. The molecule has 0 N–H and O–H groups in total. The fourth-order valence-corrected chi connectivity index (χ4v) is 4.38. The molecule has 0 atom stereocenters. The summed E-state index contributed by atoms with van der Waals surface area (Å²) in [5.41, 5.74) is 1.41. The van der Waals surface area contributed by atoms with E-state index in [1.807, 2.05) is 45.0 Å². The number of hydrogen-bond donors (Lipinski definition) is 0. The van der Waals surface area contributed by atoms with Gasteiger partial charge in [-0.05, 0) is 68.8 Å². The van der Waals surface area contributed by atoms with Gasteiger partial charge in [-0.25, -0.2) is 4.98 Å². The molecule has 3 aromatic carbocycles. The van der Waals surface area contributed by atoms with Crippen molar-refractivity contribution in [2.75, 3.05) is 13.7 Å². The Hall–Kier alpha value is -4.30. The van der Waals surface area contributed by atoms with Crippen molar-refractivity contribution in [1.29, 1.82) is 0 Å². The van der Waals surface area contributed by atoms with Gasteiger partial charge in [-0.1, -0.05) is 29.8 Å². The van der Waals surface area contributed by atoms with Crippen molar-refractivity contribution in [3.05, 3.63) is 81.6 Å². The Balaban J connectivity index is 1.67. The molecule has 194 valence electrons. The monoisotopic (exact) mass is 531 g/mol. The first kappa shape index (κ1) is 25.4. The molecular formula is C29H26ClN3O5. The van der Waals surface area contributed by atoms with E-state index in [1.54, 1.807) is 43.5 Å². The molecule has 0 unspecified atom stereocenters. The number of aromatic nitrogens is 2. The summed E-state index contributed by atoms with van der Waals surface area (Å²) in [7, 11) is 1.59. The van der Waals surface area contributed by atoms with Gasteiger partial charge in [-0.2, -0.15) is 9.78 Å². The number of fused-ring (bicyclic) bond motifs is 2. The van der Waals surface area contributed by atoms with Crippen LogP contribution in [0.5, 0.6) is 17.2 Å². The number of benzene rings is 3. The predicted octanol–water partition coefficient (Wildman–Crippen LogP) is 6.54. The van der Waals surface area contributed by atoms with E-state index in [4.69, 9.17) is 35.2 Å². The van der Waals surface area contributed by atoms with Crippen LogP contribution in [0.2, 0.25) is 5.02 Å². The van der Waals surface area contributed by atoms with E-state index in [1.165, 1.54) is 10.9 Å². The van der Waals surface area contributed by atoms with Gasteiger partial charge in [0.1, 0.15) is 11.3 Å². The van der Waals surface area contributed by atoms with Crippen LogP contribution < -0.4 is 19.8 Å². The van der Waals surface area contributed by atoms with Gasteiger partial charge in [0.2, 0.25) is 5.82 Å². The zero-order valence-corrected chi connectivity index (χ0v) is 22.2. The zero-order chi connectivity index (χ0) is 26.8. The lowest BCUT2D eigenvalue weighted by Crippen LogP contribution is -2.20. The highest BCUT2D eigenvalue weighted by Gasteiger charge is 2.18. The molecule has 8 nitrogen and oxygen atoms in total. The molecule has 2 aromatic heterocycles. The molecule has 9 heteroatoms. The summed E-state index contributed by atoms with van der Waals surface area (Å²) in [6.45, 7) is 6.13. The molecule has 2 heterocycles. The minimum Gasteiger partial charge on any atom is -0.496 e. The summed E-state index contributed by atoms with van der Waals surface area (Å²) in [6.07, 6.45) is 1.44. The third-order valence-electron chi connectivity index (χ3n) is 5.72. The Morgan fingerprint density at radius 2 is 1.89 bits per heavy atom. The summed E-state index contributed by atoms with van der Waals surface area (Å²) in [4.78, 5) is 18.3. The second-order valence-electron chi connectivity index (χ2n) is 8.73. The van der Waals surface area contributed by atoms with Crippen LogP contribution in [-0.2, 0) is 0 Å². The van der Waals surface area contributed by atoms with Crippen molar-refractivity contribution in [3.8, 4) is 28.8 Å². The molecule has 0 aliphatic rings. The Kier molecular flexibility index (Phi) is 7.07. The minimum atomic E-state index is -0.342. The average Bonchev–Trinajstić information content (AvgIpc) is 3.34. The summed E-state index contributed by atoms with van der Waals surface area (Å²) < 4.78 is 24.4. The molecule has 0 aliphatic carbocycles. The predicted molar refractivity (Wildman–Crippen MR) is 149 cm³/mol. The van der Waals surface area contributed by atoms with Crippen molar-refractivity contribution in [1.82, 2.24) is 9.66 Å². The van der Waals surface area contributed by atoms with Gasteiger partial charge in [0.15, 0.2) is 17.3 Å². The first-order valence-electron chi connectivity index (χ1n) is 12.2. The van der Waals surface area contributed by atoms with Crippen LogP contribution in [0.3, 0.4) is 0 Å². The second-order valence-corrected chi connectivity index (χ2v) is 9.13. The number of hydrogen-bond acceptors (Lipinski definition) is 7. The number of rotatable bonds is 8. The number of ether oxygens (including phenoxy) is 3. The quantitative estimate of drug-likeness (QED) is 0.211. The van der Waals surface area contributed by atoms with E-state index in [0.29, 0.717) is 56.7 Å². The summed E-state index contributed by atoms with van der Waals surface area (Å²) in [5.74, 6) is 2.22. The van der Waals surface area contributed by atoms with E-state index in [9.17, 15) is 4.79 Å². The van der Waals surface area contributed by atoms with Crippen LogP contribution in [0.25, 0.3) is 33.5 Å². The number of methoxy groups -OCH3 is 1. The summed E-state index contributed by atoms with van der Waals surface area (Å²) in [6, 6.07) is 17.9. The molecule has 0 fully saturated rings. The summed E-state index contributed by atoms with van der Waals surface area (Å²) in [5, 5.41) is 6.08. The van der Waals surface area contributed by atoms with Gasteiger partial charge in [0.25, 0.3) is 5.56 Å². The molecule has 0 spiro atoms. The van der Waals surface area contributed by atoms with Crippen molar-refractivity contribution >= 4 is 39.7 Å².